The van der Waals surface area contributed by atoms with Gasteiger partial charge in [0.05, 0.1) is 0 Å². The summed E-state index contributed by atoms with van der Waals surface area (Å²) in [5.74, 6) is -1.05. The molecule has 3 nitrogen and oxygen atoms in total. The van der Waals surface area contributed by atoms with Crippen LogP contribution >= 0.6 is 0 Å². The molecule has 0 aromatic rings. The SMILES string of the molecule is C[C@@]12CCCCCCCCCC[C@](C)(OO1)O2. The lowest BCUT2D eigenvalue weighted by atomic mass is 10.0. The van der Waals surface area contributed by atoms with Gasteiger partial charge in [-0.1, -0.05) is 38.5 Å². The van der Waals surface area contributed by atoms with Crippen LogP contribution in [0.15, 0.2) is 0 Å². The molecule has 0 N–H and O–H groups in total. The van der Waals surface area contributed by atoms with Crippen molar-refractivity contribution in [3.8, 4) is 0 Å². The highest BCUT2D eigenvalue weighted by Gasteiger charge is 2.46. The summed E-state index contributed by atoms with van der Waals surface area (Å²) in [6, 6.07) is 0. The lowest BCUT2D eigenvalue weighted by molar-refractivity contribution is -0.346. The Bertz CT molecular complexity index is 220. The molecule has 0 unspecified atom stereocenters. The van der Waals surface area contributed by atoms with Crippen molar-refractivity contribution in [1.29, 1.82) is 0 Å². The van der Waals surface area contributed by atoms with E-state index in [1.54, 1.807) is 0 Å². The van der Waals surface area contributed by atoms with E-state index in [2.05, 4.69) is 0 Å². The third-order valence-electron chi connectivity index (χ3n) is 3.84. The van der Waals surface area contributed by atoms with Gasteiger partial charge in [0.15, 0.2) is 0 Å². The van der Waals surface area contributed by atoms with Gasteiger partial charge in [0.2, 0.25) is 11.6 Å². The van der Waals surface area contributed by atoms with Crippen LogP contribution in [0.1, 0.15) is 78.1 Å². The lowest BCUT2D eigenvalue weighted by Crippen LogP contribution is -2.32. The van der Waals surface area contributed by atoms with Crippen molar-refractivity contribution in [2.75, 3.05) is 0 Å². The van der Waals surface area contributed by atoms with Gasteiger partial charge in [-0.15, -0.1) is 0 Å². The molecule has 0 radical (unpaired) electrons. The zero-order valence-corrected chi connectivity index (χ0v) is 11.3. The molecule has 2 aliphatic heterocycles. The molecule has 2 saturated heterocycles. The Kier molecular flexibility index (Phi) is 4.45. The third kappa shape index (κ3) is 3.94. The summed E-state index contributed by atoms with van der Waals surface area (Å²) in [6.07, 6.45) is 12.2. The van der Waals surface area contributed by atoms with Gasteiger partial charge in [-0.3, -0.25) is 0 Å². The van der Waals surface area contributed by atoms with Gasteiger partial charge in [0, 0.05) is 12.8 Å². The van der Waals surface area contributed by atoms with Crippen LogP contribution in [0.2, 0.25) is 0 Å². The van der Waals surface area contributed by atoms with E-state index in [0.717, 1.165) is 25.7 Å². The van der Waals surface area contributed by atoms with Crippen molar-refractivity contribution in [2.45, 2.75) is 89.6 Å². The molecule has 2 fully saturated rings. The normalized spacial score (nSPS) is 41.3. The second-order valence-electron chi connectivity index (χ2n) is 5.86. The first-order valence-corrected chi connectivity index (χ1v) is 7.19. The van der Waals surface area contributed by atoms with Crippen molar-refractivity contribution in [3.63, 3.8) is 0 Å². The molecule has 2 rings (SSSR count). The maximum absolute atomic E-state index is 6.01. The van der Waals surface area contributed by atoms with Crippen LogP contribution < -0.4 is 0 Å². The van der Waals surface area contributed by atoms with Gasteiger partial charge in [0.25, 0.3) is 0 Å². The zero-order chi connectivity index (χ0) is 12.2. The van der Waals surface area contributed by atoms with Crippen molar-refractivity contribution in [2.24, 2.45) is 0 Å². The van der Waals surface area contributed by atoms with E-state index in [1.807, 2.05) is 13.8 Å². The Balaban J connectivity index is 1.91. The molecule has 0 saturated carbocycles. The molecule has 0 amide bonds. The van der Waals surface area contributed by atoms with E-state index in [4.69, 9.17) is 14.5 Å². The molecule has 0 aromatic heterocycles. The topological polar surface area (TPSA) is 27.7 Å². The van der Waals surface area contributed by atoms with E-state index in [0.29, 0.717) is 0 Å². The van der Waals surface area contributed by atoms with Gasteiger partial charge >= 0.3 is 0 Å². The van der Waals surface area contributed by atoms with Gasteiger partial charge < -0.3 is 4.74 Å². The number of hydrogen-bond donors (Lipinski definition) is 0. The smallest absolute Gasteiger partial charge is 0.202 e. The van der Waals surface area contributed by atoms with Crippen LogP contribution in [0.5, 0.6) is 0 Å². The first-order chi connectivity index (χ1) is 8.12. The molecule has 0 spiro atoms. The predicted octanol–water partition coefficient (Wildman–Crippen LogP) is 4.31. The standard InChI is InChI=1S/C14H26O3/c1-13-11-9-7-5-3-4-6-8-10-12-14(2,15-13)17-16-13/h3-12H2,1-2H3/t13-,14-/m0/s1. The summed E-state index contributed by atoms with van der Waals surface area (Å²) in [5.41, 5.74) is 0. The Hall–Kier alpha value is -0.120. The minimum atomic E-state index is -0.525. The predicted molar refractivity (Wildman–Crippen MR) is 66.2 cm³/mol. The molecular weight excluding hydrogens is 216 g/mol. The Morgan fingerprint density at radius 3 is 1.35 bits per heavy atom. The number of fused-ring (bicyclic) bond motifs is 2. The average Bonchev–Trinajstić information content (AvgIpc) is 2.59. The Labute approximate surface area is 105 Å². The van der Waals surface area contributed by atoms with E-state index in [9.17, 15) is 0 Å². The van der Waals surface area contributed by atoms with Gasteiger partial charge in [-0.25, -0.2) is 0 Å². The van der Waals surface area contributed by atoms with E-state index in [-0.39, 0.29) is 0 Å². The van der Waals surface area contributed by atoms with E-state index < -0.39 is 11.6 Å². The highest BCUT2D eigenvalue weighted by Crippen LogP contribution is 2.39. The van der Waals surface area contributed by atoms with Crippen molar-refractivity contribution >= 4 is 0 Å². The summed E-state index contributed by atoms with van der Waals surface area (Å²) in [5, 5.41) is 0. The first kappa shape index (κ1) is 13.3. The van der Waals surface area contributed by atoms with Crippen LogP contribution in [0.3, 0.4) is 0 Å². The Morgan fingerprint density at radius 1 is 0.588 bits per heavy atom. The second kappa shape index (κ2) is 5.68. The third-order valence-corrected chi connectivity index (χ3v) is 3.84. The summed E-state index contributed by atoms with van der Waals surface area (Å²) >= 11 is 0. The average molecular weight is 242 g/mol. The number of ether oxygens (including phenoxy) is 1. The molecule has 3 heteroatoms. The molecule has 17 heavy (non-hydrogen) atoms. The van der Waals surface area contributed by atoms with Gasteiger partial charge in [0.1, 0.15) is 0 Å². The zero-order valence-electron chi connectivity index (χ0n) is 11.3. The molecule has 2 atom stereocenters. The fraction of sp³-hybridized carbons (Fsp3) is 1.00. The minimum Gasteiger partial charge on any atom is -0.313 e. The molecule has 2 bridgehead atoms. The lowest BCUT2D eigenvalue weighted by Gasteiger charge is -2.24. The highest BCUT2D eigenvalue weighted by molar-refractivity contribution is 4.74. The van der Waals surface area contributed by atoms with Crippen molar-refractivity contribution < 1.29 is 14.5 Å². The maximum atomic E-state index is 6.01. The quantitative estimate of drug-likeness (QED) is 0.592. The fourth-order valence-electron chi connectivity index (χ4n) is 2.81. The summed E-state index contributed by atoms with van der Waals surface area (Å²) in [4.78, 5) is 10.9. The molecular formula is C14H26O3. The summed E-state index contributed by atoms with van der Waals surface area (Å²) < 4.78 is 6.01. The van der Waals surface area contributed by atoms with Crippen LogP contribution in [-0.4, -0.2) is 11.6 Å². The van der Waals surface area contributed by atoms with E-state index >= 15 is 0 Å². The van der Waals surface area contributed by atoms with Crippen LogP contribution in [0.4, 0.5) is 0 Å². The summed E-state index contributed by atoms with van der Waals surface area (Å²) in [6.45, 7) is 4.00. The largest absolute Gasteiger partial charge is 0.313 e. The Morgan fingerprint density at radius 2 is 0.941 bits per heavy atom. The first-order valence-electron chi connectivity index (χ1n) is 7.19. The summed E-state index contributed by atoms with van der Waals surface area (Å²) in [7, 11) is 0. The highest BCUT2D eigenvalue weighted by atomic mass is 17.3. The molecule has 2 heterocycles. The molecule has 100 valence electrons. The van der Waals surface area contributed by atoms with Gasteiger partial charge in [-0.05, 0) is 26.7 Å². The van der Waals surface area contributed by atoms with Crippen LogP contribution in [-0.2, 0) is 14.5 Å². The van der Waals surface area contributed by atoms with Crippen molar-refractivity contribution in [1.82, 2.24) is 0 Å². The number of hydrogen-bond acceptors (Lipinski definition) is 3. The second-order valence-corrected chi connectivity index (χ2v) is 5.86. The minimum absolute atomic E-state index is 0.525. The molecule has 0 aliphatic carbocycles. The van der Waals surface area contributed by atoms with Gasteiger partial charge in [-0.2, -0.15) is 9.78 Å². The van der Waals surface area contributed by atoms with Crippen molar-refractivity contribution in [3.05, 3.63) is 0 Å². The molecule has 2 aliphatic rings. The fourth-order valence-corrected chi connectivity index (χ4v) is 2.81. The monoisotopic (exact) mass is 242 g/mol. The molecule has 0 aromatic carbocycles. The van der Waals surface area contributed by atoms with Crippen LogP contribution in [0, 0.1) is 0 Å². The van der Waals surface area contributed by atoms with Crippen LogP contribution in [0.25, 0.3) is 0 Å². The number of rotatable bonds is 0. The maximum Gasteiger partial charge on any atom is 0.202 e. The van der Waals surface area contributed by atoms with E-state index in [1.165, 1.54) is 38.5 Å².